The summed E-state index contributed by atoms with van der Waals surface area (Å²) in [5.74, 6) is -1.13. The van der Waals surface area contributed by atoms with Gasteiger partial charge in [-0.25, -0.2) is 4.79 Å². The number of rotatable bonds is 5. The summed E-state index contributed by atoms with van der Waals surface area (Å²) in [5.41, 5.74) is 0.123. The molecule has 1 aliphatic rings. The zero-order valence-electron chi connectivity index (χ0n) is 15.5. The van der Waals surface area contributed by atoms with Crippen molar-refractivity contribution in [1.82, 2.24) is 9.80 Å². The molecule has 28 heavy (non-hydrogen) atoms. The molecule has 0 radical (unpaired) electrons. The van der Waals surface area contributed by atoms with Crippen molar-refractivity contribution in [1.29, 1.82) is 0 Å². The molecule has 0 spiro atoms. The van der Waals surface area contributed by atoms with Crippen LogP contribution in [0.15, 0.2) is 24.3 Å². The van der Waals surface area contributed by atoms with E-state index in [0.29, 0.717) is 31.7 Å². The first kappa shape index (κ1) is 21.4. The highest BCUT2D eigenvalue weighted by Gasteiger charge is 2.27. The van der Waals surface area contributed by atoms with Crippen molar-refractivity contribution in [3.8, 4) is 0 Å². The second-order valence-corrected chi connectivity index (χ2v) is 6.62. The standard InChI is InChI=1S/C18H20ClN3O6/c1-12(18(25)21-9-7-20(8-10-21)13(2)23)28-17(24)6-4-14-3-5-15(19)16(11-14)22(26)27/h3-6,11-12H,7-10H2,1-2H3/b6-4+. The summed E-state index contributed by atoms with van der Waals surface area (Å²) in [6.07, 6.45) is 1.44. The Hall–Kier alpha value is -2.94. The minimum Gasteiger partial charge on any atom is -0.449 e. The molecule has 150 valence electrons. The zero-order valence-corrected chi connectivity index (χ0v) is 16.2. The minimum absolute atomic E-state index is 0.00573. The van der Waals surface area contributed by atoms with Crippen LogP contribution in [0.5, 0.6) is 0 Å². The molecule has 2 amide bonds. The molecule has 1 aliphatic heterocycles. The van der Waals surface area contributed by atoms with E-state index in [4.69, 9.17) is 16.3 Å². The fourth-order valence-electron chi connectivity index (χ4n) is 2.70. The molecule has 10 heteroatoms. The molecule has 1 heterocycles. The van der Waals surface area contributed by atoms with Gasteiger partial charge >= 0.3 is 5.97 Å². The maximum atomic E-state index is 12.4. The van der Waals surface area contributed by atoms with Crippen molar-refractivity contribution in [3.05, 3.63) is 45.0 Å². The Bertz CT molecular complexity index is 818. The number of ether oxygens (including phenoxy) is 1. The van der Waals surface area contributed by atoms with E-state index in [1.807, 2.05) is 0 Å². The summed E-state index contributed by atoms with van der Waals surface area (Å²) in [6, 6.07) is 4.11. The molecule has 9 nitrogen and oxygen atoms in total. The van der Waals surface area contributed by atoms with Gasteiger partial charge in [0, 0.05) is 45.2 Å². The molecular formula is C18H20ClN3O6. The highest BCUT2D eigenvalue weighted by molar-refractivity contribution is 6.32. The molecule has 1 unspecified atom stereocenters. The van der Waals surface area contributed by atoms with Crippen molar-refractivity contribution in [2.24, 2.45) is 0 Å². The predicted octanol–water partition coefficient (Wildman–Crippen LogP) is 1.88. The number of benzene rings is 1. The van der Waals surface area contributed by atoms with E-state index in [2.05, 4.69) is 0 Å². The normalized spacial score (nSPS) is 15.4. The first-order valence-corrected chi connectivity index (χ1v) is 8.93. The summed E-state index contributed by atoms with van der Waals surface area (Å²) < 4.78 is 5.11. The van der Waals surface area contributed by atoms with Gasteiger partial charge < -0.3 is 14.5 Å². The minimum atomic E-state index is -0.986. The van der Waals surface area contributed by atoms with Gasteiger partial charge in [-0.15, -0.1) is 0 Å². The highest BCUT2D eigenvalue weighted by atomic mass is 35.5. The molecule has 0 aromatic heterocycles. The van der Waals surface area contributed by atoms with Crippen molar-refractivity contribution < 1.29 is 24.0 Å². The number of carbonyl (C=O) groups excluding carboxylic acids is 3. The predicted molar refractivity (Wildman–Crippen MR) is 102 cm³/mol. The highest BCUT2D eigenvalue weighted by Crippen LogP contribution is 2.25. The van der Waals surface area contributed by atoms with Gasteiger partial charge in [-0.1, -0.05) is 17.7 Å². The van der Waals surface area contributed by atoms with Crippen molar-refractivity contribution in [2.75, 3.05) is 26.2 Å². The van der Waals surface area contributed by atoms with E-state index < -0.39 is 17.0 Å². The molecule has 1 saturated heterocycles. The van der Waals surface area contributed by atoms with Gasteiger partial charge in [0.05, 0.1) is 4.92 Å². The van der Waals surface area contributed by atoms with Gasteiger partial charge in [0.2, 0.25) is 5.91 Å². The van der Waals surface area contributed by atoms with Crippen LogP contribution in [-0.2, 0) is 19.1 Å². The number of piperazine rings is 1. The molecule has 1 aromatic rings. The van der Waals surface area contributed by atoms with E-state index in [-0.39, 0.29) is 22.5 Å². The Morgan fingerprint density at radius 3 is 2.39 bits per heavy atom. The quantitative estimate of drug-likeness (QED) is 0.318. The Kier molecular flexibility index (Phi) is 7.11. The van der Waals surface area contributed by atoms with Gasteiger partial charge in [-0.2, -0.15) is 0 Å². The largest absolute Gasteiger partial charge is 0.449 e. The van der Waals surface area contributed by atoms with Crippen LogP contribution in [0, 0.1) is 10.1 Å². The van der Waals surface area contributed by atoms with Crippen LogP contribution in [0.2, 0.25) is 5.02 Å². The summed E-state index contributed by atoms with van der Waals surface area (Å²) in [6.45, 7) is 4.59. The molecule has 0 saturated carbocycles. The third-order valence-electron chi connectivity index (χ3n) is 4.26. The van der Waals surface area contributed by atoms with Crippen molar-refractivity contribution in [3.63, 3.8) is 0 Å². The molecule has 2 rings (SSSR count). The van der Waals surface area contributed by atoms with Crippen LogP contribution in [0.25, 0.3) is 6.08 Å². The second kappa shape index (κ2) is 9.32. The van der Waals surface area contributed by atoms with E-state index >= 15 is 0 Å². The molecule has 1 aromatic carbocycles. The van der Waals surface area contributed by atoms with E-state index in [0.717, 1.165) is 6.08 Å². The number of carbonyl (C=O) groups is 3. The third-order valence-corrected chi connectivity index (χ3v) is 4.58. The number of nitro groups is 1. The van der Waals surface area contributed by atoms with Gasteiger partial charge in [-0.3, -0.25) is 19.7 Å². The van der Waals surface area contributed by atoms with Crippen molar-refractivity contribution in [2.45, 2.75) is 20.0 Å². The van der Waals surface area contributed by atoms with Crippen LogP contribution in [0.1, 0.15) is 19.4 Å². The van der Waals surface area contributed by atoms with Crippen LogP contribution < -0.4 is 0 Å². The smallest absolute Gasteiger partial charge is 0.331 e. The average molecular weight is 410 g/mol. The van der Waals surface area contributed by atoms with E-state index in [1.54, 1.807) is 9.80 Å². The van der Waals surface area contributed by atoms with Crippen LogP contribution in [0.3, 0.4) is 0 Å². The number of hydrogen-bond donors (Lipinski definition) is 0. The van der Waals surface area contributed by atoms with Crippen LogP contribution in [-0.4, -0.2) is 64.8 Å². The van der Waals surface area contributed by atoms with Crippen LogP contribution in [0.4, 0.5) is 5.69 Å². The molecular weight excluding hydrogens is 390 g/mol. The van der Waals surface area contributed by atoms with E-state index in [1.165, 1.54) is 38.1 Å². The Labute approximate surface area is 166 Å². The number of hydrogen-bond acceptors (Lipinski definition) is 6. The fourth-order valence-corrected chi connectivity index (χ4v) is 2.89. The lowest BCUT2D eigenvalue weighted by Gasteiger charge is -2.35. The lowest BCUT2D eigenvalue weighted by molar-refractivity contribution is -0.384. The fraction of sp³-hybridized carbons (Fsp3) is 0.389. The Morgan fingerprint density at radius 1 is 1.21 bits per heavy atom. The number of esters is 1. The maximum absolute atomic E-state index is 12.4. The first-order chi connectivity index (χ1) is 13.2. The summed E-state index contributed by atoms with van der Waals surface area (Å²) in [5, 5.41) is 10.9. The number of nitrogens with zero attached hydrogens (tertiary/aromatic N) is 3. The SMILES string of the molecule is CC(=O)N1CCN(C(=O)C(C)OC(=O)/C=C/c2ccc(Cl)c([N+](=O)[O-])c2)CC1. The molecule has 0 N–H and O–H groups in total. The van der Waals surface area contributed by atoms with E-state index in [9.17, 15) is 24.5 Å². The molecule has 1 atom stereocenters. The lowest BCUT2D eigenvalue weighted by Crippen LogP contribution is -2.52. The van der Waals surface area contributed by atoms with Gasteiger partial charge in [-0.05, 0) is 24.6 Å². The van der Waals surface area contributed by atoms with Gasteiger partial charge in [0.1, 0.15) is 5.02 Å². The van der Waals surface area contributed by atoms with Gasteiger partial charge in [0.15, 0.2) is 6.10 Å². The third kappa shape index (κ3) is 5.53. The van der Waals surface area contributed by atoms with Gasteiger partial charge in [0.25, 0.3) is 11.6 Å². The Morgan fingerprint density at radius 2 is 1.82 bits per heavy atom. The number of halogens is 1. The maximum Gasteiger partial charge on any atom is 0.331 e. The molecule has 0 bridgehead atoms. The summed E-state index contributed by atoms with van der Waals surface area (Å²) in [7, 11) is 0. The average Bonchev–Trinajstić information content (AvgIpc) is 2.66. The second-order valence-electron chi connectivity index (χ2n) is 6.21. The molecule has 0 aliphatic carbocycles. The van der Waals surface area contributed by atoms with Crippen LogP contribution >= 0.6 is 11.6 Å². The number of nitro benzene ring substituents is 1. The lowest BCUT2D eigenvalue weighted by atomic mass is 10.2. The summed E-state index contributed by atoms with van der Waals surface area (Å²) in [4.78, 5) is 49.1. The molecule has 1 fully saturated rings. The van der Waals surface area contributed by atoms with Crippen molar-refractivity contribution >= 4 is 41.1 Å². The number of amides is 2. The first-order valence-electron chi connectivity index (χ1n) is 8.56. The zero-order chi connectivity index (χ0) is 20.8. The summed E-state index contributed by atoms with van der Waals surface area (Å²) >= 11 is 5.74. The monoisotopic (exact) mass is 409 g/mol. The topological polar surface area (TPSA) is 110 Å². The Balaban J connectivity index is 1.91.